The number of aliphatic hydroxyl groups excluding tert-OH is 1. The first-order valence-electron chi connectivity index (χ1n) is 6.69. The Morgan fingerprint density at radius 3 is 2.61 bits per heavy atom. The van der Waals surface area contributed by atoms with Crippen LogP contribution < -0.4 is 5.32 Å². The normalized spacial score (nSPS) is 14.2. The lowest BCUT2D eigenvalue weighted by molar-refractivity contribution is 0.0134. The molecular formula is C14H26N2OS. The molecule has 0 radical (unpaired) electrons. The van der Waals surface area contributed by atoms with Crippen LogP contribution in [0.5, 0.6) is 0 Å². The van der Waals surface area contributed by atoms with Crippen molar-refractivity contribution in [3.05, 3.63) is 16.1 Å². The third-order valence-corrected chi connectivity index (χ3v) is 4.26. The minimum Gasteiger partial charge on any atom is -0.392 e. The van der Waals surface area contributed by atoms with Crippen LogP contribution in [-0.2, 0) is 13.0 Å². The summed E-state index contributed by atoms with van der Waals surface area (Å²) in [6.45, 7) is 12.0. The third kappa shape index (κ3) is 4.34. The van der Waals surface area contributed by atoms with E-state index in [9.17, 15) is 5.11 Å². The van der Waals surface area contributed by atoms with Crippen LogP contribution in [0.4, 0.5) is 0 Å². The van der Waals surface area contributed by atoms with Gasteiger partial charge in [0.25, 0.3) is 0 Å². The van der Waals surface area contributed by atoms with E-state index in [1.807, 2.05) is 0 Å². The number of aliphatic hydroxyl groups is 1. The first-order chi connectivity index (χ1) is 8.36. The number of aryl methyl sites for hydroxylation is 1. The van der Waals surface area contributed by atoms with Gasteiger partial charge in [-0.05, 0) is 12.3 Å². The summed E-state index contributed by atoms with van der Waals surface area (Å²) < 4.78 is 0. The van der Waals surface area contributed by atoms with Crippen LogP contribution in [0.1, 0.15) is 45.3 Å². The van der Waals surface area contributed by atoms with Crippen molar-refractivity contribution in [1.82, 2.24) is 10.3 Å². The smallest absolute Gasteiger partial charge is 0.0926 e. The van der Waals surface area contributed by atoms with Crippen LogP contribution >= 0.6 is 11.3 Å². The summed E-state index contributed by atoms with van der Waals surface area (Å²) in [5.41, 5.74) is 0.990. The Hall–Kier alpha value is -0.450. The van der Waals surface area contributed by atoms with Gasteiger partial charge < -0.3 is 10.4 Å². The van der Waals surface area contributed by atoms with Gasteiger partial charge in [-0.3, -0.25) is 0 Å². The number of thiazole rings is 1. The number of aromatic nitrogens is 1. The molecule has 18 heavy (non-hydrogen) atoms. The summed E-state index contributed by atoms with van der Waals surface area (Å²) in [5.74, 6) is 0.285. The fraction of sp³-hybridized carbons (Fsp3) is 0.786. The highest BCUT2D eigenvalue weighted by Crippen LogP contribution is 2.25. The molecule has 1 rings (SSSR count). The molecule has 1 aromatic rings. The summed E-state index contributed by atoms with van der Waals surface area (Å²) in [7, 11) is 0. The maximum atomic E-state index is 10.1. The molecule has 1 aromatic heterocycles. The minimum absolute atomic E-state index is 0.113. The Kier molecular flexibility index (Phi) is 5.76. The first-order valence-corrected chi connectivity index (χ1v) is 7.57. The number of hydrogen-bond donors (Lipinski definition) is 2. The van der Waals surface area contributed by atoms with Crippen molar-refractivity contribution < 1.29 is 5.11 Å². The molecule has 0 saturated heterocycles. The molecule has 4 heteroatoms. The Balaban J connectivity index is 2.41. The van der Waals surface area contributed by atoms with Crippen LogP contribution in [0.3, 0.4) is 0 Å². The molecular weight excluding hydrogens is 244 g/mol. The van der Waals surface area contributed by atoms with Crippen molar-refractivity contribution in [2.45, 2.75) is 53.7 Å². The van der Waals surface area contributed by atoms with E-state index in [1.165, 1.54) is 5.01 Å². The van der Waals surface area contributed by atoms with Crippen LogP contribution in [-0.4, -0.2) is 22.7 Å². The Morgan fingerprint density at radius 2 is 2.11 bits per heavy atom. The maximum absolute atomic E-state index is 10.1. The standard InChI is InChI=1S/C14H26N2OS/c1-6-12-16-11(8-18-12)7-15-9-14(4,5)13(17)10(2)3/h8,10,13,15,17H,6-7,9H2,1-5H3. The number of nitrogens with one attached hydrogen (secondary N) is 1. The average Bonchev–Trinajstić information content (AvgIpc) is 2.75. The van der Waals surface area contributed by atoms with Crippen molar-refractivity contribution in [2.24, 2.45) is 11.3 Å². The van der Waals surface area contributed by atoms with Gasteiger partial charge in [0, 0.05) is 23.9 Å². The van der Waals surface area contributed by atoms with Gasteiger partial charge in [0.1, 0.15) is 0 Å². The Labute approximate surface area is 115 Å². The molecule has 2 N–H and O–H groups in total. The van der Waals surface area contributed by atoms with E-state index in [0.29, 0.717) is 0 Å². The molecule has 0 bridgehead atoms. The molecule has 1 heterocycles. The van der Waals surface area contributed by atoms with Crippen molar-refractivity contribution in [3.63, 3.8) is 0 Å². The van der Waals surface area contributed by atoms with Crippen molar-refractivity contribution in [2.75, 3.05) is 6.54 Å². The van der Waals surface area contributed by atoms with E-state index >= 15 is 0 Å². The fourth-order valence-electron chi connectivity index (χ4n) is 2.11. The van der Waals surface area contributed by atoms with Gasteiger partial charge in [0.05, 0.1) is 16.8 Å². The predicted octanol–water partition coefficient (Wildman–Crippen LogP) is 2.84. The van der Waals surface area contributed by atoms with Gasteiger partial charge in [-0.25, -0.2) is 4.98 Å². The second-order valence-electron chi connectivity index (χ2n) is 5.87. The molecule has 0 fully saturated rings. The van der Waals surface area contributed by atoms with Gasteiger partial charge in [0.15, 0.2) is 0 Å². The van der Waals surface area contributed by atoms with E-state index in [0.717, 1.165) is 25.2 Å². The molecule has 0 amide bonds. The highest BCUT2D eigenvalue weighted by atomic mass is 32.1. The van der Waals surface area contributed by atoms with Gasteiger partial charge >= 0.3 is 0 Å². The zero-order chi connectivity index (χ0) is 13.8. The van der Waals surface area contributed by atoms with Gasteiger partial charge in [-0.15, -0.1) is 11.3 Å². The number of hydrogen-bond acceptors (Lipinski definition) is 4. The molecule has 0 aliphatic rings. The highest BCUT2D eigenvalue weighted by Gasteiger charge is 2.29. The summed E-state index contributed by atoms with van der Waals surface area (Å²) in [6, 6.07) is 0. The topological polar surface area (TPSA) is 45.2 Å². The summed E-state index contributed by atoms with van der Waals surface area (Å²) in [4.78, 5) is 4.52. The summed E-state index contributed by atoms with van der Waals surface area (Å²) in [5, 5.41) is 16.8. The first kappa shape index (κ1) is 15.6. The third-order valence-electron chi connectivity index (χ3n) is 3.22. The van der Waals surface area contributed by atoms with Crippen LogP contribution in [0.25, 0.3) is 0 Å². The van der Waals surface area contributed by atoms with Crippen molar-refractivity contribution in [1.29, 1.82) is 0 Å². The van der Waals surface area contributed by atoms with Crippen molar-refractivity contribution in [3.8, 4) is 0 Å². The fourth-order valence-corrected chi connectivity index (χ4v) is 2.86. The lowest BCUT2D eigenvalue weighted by Gasteiger charge is -2.33. The molecule has 0 saturated carbocycles. The zero-order valence-electron chi connectivity index (χ0n) is 12.2. The molecule has 0 spiro atoms. The Morgan fingerprint density at radius 1 is 1.44 bits per heavy atom. The van der Waals surface area contributed by atoms with Gasteiger partial charge in [0.2, 0.25) is 0 Å². The van der Waals surface area contributed by atoms with Crippen LogP contribution in [0.2, 0.25) is 0 Å². The zero-order valence-corrected chi connectivity index (χ0v) is 13.0. The lowest BCUT2D eigenvalue weighted by atomic mass is 9.81. The molecule has 0 aliphatic heterocycles. The SMILES string of the molecule is CCc1nc(CNCC(C)(C)C(O)C(C)C)cs1. The molecule has 0 aliphatic carbocycles. The quantitative estimate of drug-likeness (QED) is 0.801. The van der Waals surface area contributed by atoms with E-state index in [4.69, 9.17) is 0 Å². The van der Waals surface area contributed by atoms with E-state index < -0.39 is 0 Å². The van der Waals surface area contributed by atoms with Crippen LogP contribution in [0, 0.1) is 11.3 Å². The Bertz CT molecular complexity index is 360. The van der Waals surface area contributed by atoms with Gasteiger partial charge in [-0.1, -0.05) is 34.6 Å². The molecule has 1 unspecified atom stereocenters. The molecule has 0 aromatic carbocycles. The van der Waals surface area contributed by atoms with E-state index in [1.54, 1.807) is 11.3 Å². The largest absolute Gasteiger partial charge is 0.392 e. The molecule has 1 atom stereocenters. The maximum Gasteiger partial charge on any atom is 0.0926 e. The lowest BCUT2D eigenvalue weighted by Crippen LogP contribution is -2.41. The number of nitrogens with zero attached hydrogens (tertiary/aromatic N) is 1. The van der Waals surface area contributed by atoms with E-state index in [-0.39, 0.29) is 17.4 Å². The summed E-state index contributed by atoms with van der Waals surface area (Å²) >= 11 is 1.72. The van der Waals surface area contributed by atoms with Crippen molar-refractivity contribution >= 4 is 11.3 Å². The monoisotopic (exact) mass is 270 g/mol. The second-order valence-corrected chi connectivity index (χ2v) is 6.81. The molecule has 3 nitrogen and oxygen atoms in total. The highest BCUT2D eigenvalue weighted by molar-refractivity contribution is 7.09. The second kappa shape index (κ2) is 6.64. The van der Waals surface area contributed by atoms with Gasteiger partial charge in [-0.2, -0.15) is 0 Å². The predicted molar refractivity (Wildman–Crippen MR) is 77.8 cm³/mol. The summed E-state index contributed by atoms with van der Waals surface area (Å²) in [6.07, 6.45) is 0.717. The minimum atomic E-state index is -0.286. The van der Waals surface area contributed by atoms with Crippen LogP contribution in [0.15, 0.2) is 5.38 Å². The average molecular weight is 270 g/mol. The number of rotatable bonds is 7. The van der Waals surface area contributed by atoms with E-state index in [2.05, 4.69) is 50.3 Å². The molecule has 104 valence electrons.